The van der Waals surface area contributed by atoms with Crippen LogP contribution in [0.4, 0.5) is 5.69 Å². The van der Waals surface area contributed by atoms with Crippen LogP contribution in [0.15, 0.2) is 59.1 Å². The van der Waals surface area contributed by atoms with Crippen molar-refractivity contribution in [3.8, 4) is 0 Å². The Hall–Kier alpha value is -3.26. The molecule has 1 heterocycles. The quantitative estimate of drug-likeness (QED) is 0.325. The van der Waals surface area contributed by atoms with Gasteiger partial charge in [-0.05, 0) is 55.5 Å². The molecule has 1 N–H and O–H groups in total. The zero-order valence-electron chi connectivity index (χ0n) is 19.6. The highest BCUT2D eigenvalue weighted by molar-refractivity contribution is 9.10. The number of allylic oxidation sites excluding steroid dienone is 2. The van der Waals surface area contributed by atoms with Crippen LogP contribution in [0, 0.1) is 25.7 Å². The van der Waals surface area contributed by atoms with Gasteiger partial charge in [-0.2, -0.15) is 0 Å². The lowest BCUT2D eigenvalue weighted by Crippen LogP contribution is -2.48. The minimum absolute atomic E-state index is 0.122. The third-order valence-corrected chi connectivity index (χ3v) is 7.60. The molecule has 1 saturated heterocycles. The van der Waals surface area contributed by atoms with Gasteiger partial charge in [0.1, 0.15) is 6.04 Å². The molecule has 182 valence electrons. The number of likely N-dealkylation sites (tertiary alicyclic amines) is 1. The number of rotatable bonds is 7. The number of amides is 3. The van der Waals surface area contributed by atoms with E-state index in [0.29, 0.717) is 18.5 Å². The maximum absolute atomic E-state index is 13.2. The SMILES string of the molecule is Cc1c(Br)ccc(NC(=O)COC(=O)[C@@H](Cc2ccccc2)N2C(=O)[C@H]3CC=CC[C@H]3C2=O)c1C. The van der Waals surface area contributed by atoms with Crippen molar-refractivity contribution in [3.63, 3.8) is 0 Å². The Morgan fingerprint density at radius 3 is 2.26 bits per heavy atom. The summed E-state index contributed by atoms with van der Waals surface area (Å²) in [6.45, 7) is 3.29. The summed E-state index contributed by atoms with van der Waals surface area (Å²) in [5.41, 5.74) is 3.29. The second-order valence-corrected chi connectivity index (χ2v) is 9.76. The summed E-state index contributed by atoms with van der Waals surface area (Å²) in [6, 6.07) is 11.6. The van der Waals surface area contributed by atoms with Gasteiger partial charge >= 0.3 is 5.97 Å². The topological polar surface area (TPSA) is 92.8 Å². The number of carbonyl (C=O) groups excluding carboxylic acids is 4. The van der Waals surface area contributed by atoms with Crippen LogP contribution in [0.3, 0.4) is 0 Å². The molecule has 1 fully saturated rings. The smallest absolute Gasteiger partial charge is 0.330 e. The standard InChI is InChI=1S/C27H27BrN2O5/c1-16-17(2)22(13-12-21(16)28)29-24(31)15-35-27(34)23(14-18-8-4-3-5-9-18)30-25(32)19-10-6-7-11-20(19)26(30)33/h3-9,12-13,19-20,23H,10-11,14-15H2,1-2H3,(H,29,31)/t19-,20+,23-/m1/s1. The van der Waals surface area contributed by atoms with E-state index in [4.69, 9.17) is 4.74 Å². The number of fused-ring (bicyclic) bond motifs is 1. The minimum atomic E-state index is -1.13. The van der Waals surface area contributed by atoms with E-state index in [0.717, 1.165) is 26.1 Å². The third kappa shape index (κ3) is 5.22. The van der Waals surface area contributed by atoms with Gasteiger partial charge < -0.3 is 10.1 Å². The molecular weight excluding hydrogens is 512 g/mol. The molecule has 8 heteroatoms. The third-order valence-electron chi connectivity index (χ3n) is 6.74. The summed E-state index contributed by atoms with van der Waals surface area (Å²) in [6.07, 6.45) is 4.88. The zero-order valence-corrected chi connectivity index (χ0v) is 21.2. The van der Waals surface area contributed by atoms with Crippen molar-refractivity contribution >= 4 is 45.3 Å². The van der Waals surface area contributed by atoms with Gasteiger partial charge in [-0.15, -0.1) is 0 Å². The van der Waals surface area contributed by atoms with Gasteiger partial charge in [0.2, 0.25) is 11.8 Å². The second kappa shape index (κ2) is 10.6. The number of hydrogen-bond donors (Lipinski definition) is 1. The molecule has 2 aromatic carbocycles. The molecule has 2 aromatic rings. The number of benzene rings is 2. The van der Waals surface area contributed by atoms with E-state index < -0.39 is 36.4 Å². The number of hydrogen-bond acceptors (Lipinski definition) is 5. The predicted octanol–water partition coefficient (Wildman–Crippen LogP) is 4.11. The first kappa shape index (κ1) is 24.9. The van der Waals surface area contributed by atoms with Crippen molar-refractivity contribution in [1.29, 1.82) is 0 Å². The van der Waals surface area contributed by atoms with Gasteiger partial charge in [0, 0.05) is 16.6 Å². The zero-order chi connectivity index (χ0) is 25.1. The van der Waals surface area contributed by atoms with E-state index in [1.807, 2.05) is 62.4 Å². The number of nitrogens with zero attached hydrogens (tertiary/aromatic N) is 1. The summed E-state index contributed by atoms with van der Waals surface area (Å²) >= 11 is 3.46. The number of anilines is 1. The van der Waals surface area contributed by atoms with Crippen molar-refractivity contribution in [1.82, 2.24) is 4.90 Å². The fourth-order valence-electron chi connectivity index (χ4n) is 4.59. The summed E-state index contributed by atoms with van der Waals surface area (Å²) in [5, 5.41) is 2.76. The predicted molar refractivity (Wildman–Crippen MR) is 134 cm³/mol. The number of esters is 1. The maximum atomic E-state index is 13.2. The molecule has 2 aliphatic rings. The molecule has 1 aliphatic heterocycles. The summed E-state index contributed by atoms with van der Waals surface area (Å²) in [7, 11) is 0. The van der Waals surface area contributed by atoms with Gasteiger partial charge in [0.15, 0.2) is 6.61 Å². The van der Waals surface area contributed by atoms with Crippen LogP contribution in [0.25, 0.3) is 0 Å². The Balaban J connectivity index is 1.49. The van der Waals surface area contributed by atoms with Crippen LogP contribution >= 0.6 is 15.9 Å². The van der Waals surface area contributed by atoms with E-state index in [9.17, 15) is 19.2 Å². The fourth-order valence-corrected chi connectivity index (χ4v) is 5.02. The number of nitrogens with one attached hydrogen (secondary N) is 1. The largest absolute Gasteiger partial charge is 0.454 e. The average Bonchev–Trinajstić information content (AvgIpc) is 3.12. The van der Waals surface area contributed by atoms with Gasteiger partial charge in [0.25, 0.3) is 5.91 Å². The Kier molecular flexibility index (Phi) is 7.50. The molecule has 0 saturated carbocycles. The highest BCUT2D eigenvalue weighted by atomic mass is 79.9. The summed E-state index contributed by atoms with van der Waals surface area (Å²) in [4.78, 5) is 53.1. The fraction of sp³-hybridized carbons (Fsp3) is 0.333. The Bertz CT molecular complexity index is 1170. The van der Waals surface area contributed by atoms with Gasteiger partial charge in [-0.25, -0.2) is 4.79 Å². The first-order chi connectivity index (χ1) is 16.8. The number of imide groups is 1. The monoisotopic (exact) mass is 538 g/mol. The van der Waals surface area contributed by atoms with Crippen LogP contribution in [0.2, 0.25) is 0 Å². The maximum Gasteiger partial charge on any atom is 0.330 e. The number of ether oxygens (including phenoxy) is 1. The molecule has 35 heavy (non-hydrogen) atoms. The van der Waals surface area contributed by atoms with Crippen LogP contribution in [-0.2, 0) is 30.3 Å². The Morgan fingerprint density at radius 1 is 1.00 bits per heavy atom. The van der Waals surface area contributed by atoms with Gasteiger partial charge in [0.05, 0.1) is 11.8 Å². The first-order valence-electron chi connectivity index (χ1n) is 11.6. The lowest BCUT2D eigenvalue weighted by molar-refractivity contribution is -0.159. The van der Waals surface area contributed by atoms with Crippen LogP contribution in [0.1, 0.15) is 29.5 Å². The number of carbonyl (C=O) groups is 4. The molecule has 0 aromatic heterocycles. The van der Waals surface area contributed by atoms with Crippen LogP contribution < -0.4 is 5.32 Å². The van der Waals surface area contributed by atoms with E-state index in [1.54, 1.807) is 6.07 Å². The van der Waals surface area contributed by atoms with Crippen LogP contribution in [0.5, 0.6) is 0 Å². The molecule has 4 rings (SSSR count). The molecule has 0 unspecified atom stereocenters. The lowest BCUT2D eigenvalue weighted by atomic mass is 9.85. The van der Waals surface area contributed by atoms with Crippen LogP contribution in [-0.4, -0.2) is 41.2 Å². The lowest BCUT2D eigenvalue weighted by Gasteiger charge is -2.25. The first-order valence-corrected chi connectivity index (χ1v) is 12.3. The minimum Gasteiger partial charge on any atom is -0.454 e. The molecule has 1 aliphatic carbocycles. The summed E-state index contributed by atoms with van der Waals surface area (Å²) in [5.74, 6) is -2.89. The molecule has 7 nitrogen and oxygen atoms in total. The average molecular weight is 539 g/mol. The van der Waals surface area contributed by atoms with E-state index in [-0.39, 0.29) is 18.2 Å². The highest BCUT2D eigenvalue weighted by Gasteiger charge is 2.51. The normalized spacial score (nSPS) is 19.9. The van der Waals surface area contributed by atoms with Crippen molar-refractivity contribution in [2.24, 2.45) is 11.8 Å². The summed E-state index contributed by atoms with van der Waals surface area (Å²) < 4.78 is 6.27. The molecule has 0 spiro atoms. The number of halogens is 1. The highest BCUT2D eigenvalue weighted by Crippen LogP contribution is 2.37. The Labute approximate surface area is 212 Å². The second-order valence-electron chi connectivity index (χ2n) is 8.91. The Morgan fingerprint density at radius 2 is 1.63 bits per heavy atom. The van der Waals surface area contributed by atoms with Crippen molar-refractivity contribution in [2.75, 3.05) is 11.9 Å². The van der Waals surface area contributed by atoms with Gasteiger partial charge in [-0.1, -0.05) is 58.4 Å². The molecule has 0 bridgehead atoms. The molecule has 3 amide bonds. The van der Waals surface area contributed by atoms with Crippen molar-refractivity contribution in [3.05, 3.63) is 75.8 Å². The van der Waals surface area contributed by atoms with E-state index >= 15 is 0 Å². The van der Waals surface area contributed by atoms with Gasteiger partial charge in [-0.3, -0.25) is 19.3 Å². The molecule has 3 atom stereocenters. The molecule has 0 radical (unpaired) electrons. The molecular formula is C27H27BrN2O5. The van der Waals surface area contributed by atoms with Crippen molar-refractivity contribution < 1.29 is 23.9 Å². The van der Waals surface area contributed by atoms with E-state index in [1.165, 1.54) is 0 Å². The van der Waals surface area contributed by atoms with Crippen molar-refractivity contribution in [2.45, 2.75) is 39.2 Å². The van der Waals surface area contributed by atoms with E-state index in [2.05, 4.69) is 21.2 Å².